The van der Waals surface area contributed by atoms with E-state index in [0.717, 1.165) is 38.8 Å². The summed E-state index contributed by atoms with van der Waals surface area (Å²) in [7, 11) is 0. The molecule has 0 radical (unpaired) electrons. The van der Waals surface area contributed by atoms with Gasteiger partial charge in [-0.3, -0.25) is 0 Å². The van der Waals surface area contributed by atoms with Gasteiger partial charge in [-0.05, 0) is 34.6 Å². The van der Waals surface area contributed by atoms with E-state index in [1.54, 1.807) is 0 Å². The molecule has 0 amide bonds. The van der Waals surface area contributed by atoms with Crippen LogP contribution in [0.4, 0.5) is 0 Å². The van der Waals surface area contributed by atoms with E-state index >= 15 is 0 Å². The molecule has 2 rings (SSSR count). The summed E-state index contributed by atoms with van der Waals surface area (Å²) >= 11 is 0. The number of aliphatic hydroxyl groups is 1. The van der Waals surface area contributed by atoms with Gasteiger partial charge in [-0.1, -0.05) is 76.4 Å². The number of rotatable bonds is 3. The van der Waals surface area contributed by atoms with Gasteiger partial charge in [0.1, 0.15) is 5.76 Å². The average molecular weight is 294 g/mol. The van der Waals surface area contributed by atoms with E-state index in [9.17, 15) is 5.11 Å². The third-order valence-electron chi connectivity index (χ3n) is 3.46. The lowest BCUT2D eigenvalue weighted by Crippen LogP contribution is -2.14. The van der Waals surface area contributed by atoms with Crippen LogP contribution in [-0.4, -0.2) is 5.11 Å². The van der Waals surface area contributed by atoms with Crippen LogP contribution in [0.1, 0.15) is 39.7 Å². The lowest BCUT2D eigenvalue weighted by molar-refractivity contribution is 0.440. The number of hydrogen-bond donors (Lipinski definition) is 1. The van der Waals surface area contributed by atoms with Crippen LogP contribution in [0, 0.1) is 0 Å². The summed E-state index contributed by atoms with van der Waals surface area (Å²) in [5.41, 5.74) is 1.79. The van der Waals surface area contributed by atoms with Crippen molar-refractivity contribution >= 4 is 29.0 Å². The first kappa shape index (κ1) is 17.8. The Morgan fingerprint density at radius 3 is 2.41 bits per heavy atom. The van der Waals surface area contributed by atoms with E-state index < -0.39 is 0 Å². The molecule has 0 saturated carbocycles. The first-order valence-corrected chi connectivity index (χ1v) is 7.86. The molecule has 0 atom stereocenters. The van der Waals surface area contributed by atoms with Crippen LogP contribution in [0.3, 0.4) is 0 Å². The van der Waals surface area contributed by atoms with Crippen molar-refractivity contribution in [2.24, 2.45) is 0 Å². The standard InChI is InChI=1S/C19H20O.C2H6/c1-5-8-15-11-12-16-10-7-9-13(3)18(16)19(15)17(6-2)14(4)20;1-2/h6-12,20H,3-5H2,1-2H3;1-2H3/b15-8-,17-6-;. The van der Waals surface area contributed by atoms with Gasteiger partial charge < -0.3 is 5.11 Å². The van der Waals surface area contributed by atoms with Crippen LogP contribution >= 0.6 is 0 Å². The first-order chi connectivity index (χ1) is 10.6. The molecule has 0 aromatic heterocycles. The molecule has 0 aliphatic heterocycles. The van der Waals surface area contributed by atoms with Gasteiger partial charge in [0.15, 0.2) is 0 Å². The van der Waals surface area contributed by atoms with Crippen LogP contribution in [0.5, 0.6) is 0 Å². The molecule has 0 unspecified atom stereocenters. The summed E-state index contributed by atoms with van der Waals surface area (Å²) in [4.78, 5) is 0. The normalized spacial score (nSPS) is 12.0. The molecule has 0 spiro atoms. The van der Waals surface area contributed by atoms with Gasteiger partial charge in [-0.15, -0.1) is 0 Å². The van der Waals surface area contributed by atoms with E-state index in [4.69, 9.17) is 0 Å². The summed E-state index contributed by atoms with van der Waals surface area (Å²) in [5.74, 6) is 0.0917. The monoisotopic (exact) mass is 294 g/mol. The fourth-order valence-electron chi connectivity index (χ4n) is 2.61. The number of aliphatic hydroxyl groups excluding tert-OH is 1. The van der Waals surface area contributed by atoms with E-state index in [1.165, 1.54) is 0 Å². The van der Waals surface area contributed by atoms with Crippen molar-refractivity contribution in [1.82, 2.24) is 0 Å². The zero-order valence-electron chi connectivity index (χ0n) is 14.1. The minimum atomic E-state index is 0.0917. The Kier molecular flexibility index (Phi) is 6.65. The molecule has 1 N–H and O–H groups in total. The zero-order valence-corrected chi connectivity index (χ0v) is 14.1. The minimum Gasteiger partial charge on any atom is -0.508 e. The third kappa shape index (κ3) is 3.48. The van der Waals surface area contributed by atoms with Crippen molar-refractivity contribution in [3.8, 4) is 0 Å². The maximum absolute atomic E-state index is 9.91. The number of hydrogen-bond acceptors (Lipinski definition) is 1. The molecule has 0 aliphatic rings. The summed E-state index contributed by atoms with van der Waals surface area (Å²) < 4.78 is 0. The fourth-order valence-corrected chi connectivity index (χ4v) is 2.61. The molecule has 22 heavy (non-hydrogen) atoms. The second-order valence-corrected chi connectivity index (χ2v) is 4.81. The molecule has 1 nitrogen and oxygen atoms in total. The number of fused-ring (bicyclic) bond motifs is 1. The number of allylic oxidation sites excluding steroid dienone is 2. The van der Waals surface area contributed by atoms with Gasteiger partial charge in [-0.2, -0.15) is 0 Å². The van der Waals surface area contributed by atoms with Crippen LogP contribution in [-0.2, 0) is 0 Å². The Morgan fingerprint density at radius 2 is 1.86 bits per heavy atom. The third-order valence-corrected chi connectivity index (χ3v) is 3.46. The molecule has 0 fully saturated rings. The fraction of sp³-hybridized carbons (Fsp3) is 0.238. The molecule has 2 aromatic rings. The van der Waals surface area contributed by atoms with Crippen LogP contribution in [0.25, 0.3) is 29.0 Å². The molecule has 0 heterocycles. The van der Waals surface area contributed by atoms with E-state index in [-0.39, 0.29) is 5.76 Å². The van der Waals surface area contributed by atoms with Crippen molar-refractivity contribution in [2.75, 3.05) is 0 Å². The Bertz CT molecular complexity index is 795. The Morgan fingerprint density at radius 1 is 1.18 bits per heavy atom. The quantitative estimate of drug-likeness (QED) is 0.628. The van der Waals surface area contributed by atoms with E-state index in [0.29, 0.717) is 0 Å². The van der Waals surface area contributed by atoms with Gasteiger partial charge in [0.05, 0.1) is 0 Å². The lowest BCUT2D eigenvalue weighted by Gasteiger charge is -2.12. The predicted molar refractivity (Wildman–Crippen MR) is 100 cm³/mol. The lowest BCUT2D eigenvalue weighted by atomic mass is 9.93. The summed E-state index contributed by atoms with van der Waals surface area (Å²) in [5, 5.41) is 14.2. The summed E-state index contributed by atoms with van der Waals surface area (Å²) in [6.45, 7) is 15.8. The molecular formula is C21H26O. The van der Waals surface area contributed by atoms with Crippen molar-refractivity contribution < 1.29 is 5.11 Å². The maximum Gasteiger partial charge on any atom is 0.115 e. The highest BCUT2D eigenvalue weighted by Gasteiger charge is 2.10. The van der Waals surface area contributed by atoms with E-state index in [1.807, 2.05) is 39.0 Å². The van der Waals surface area contributed by atoms with Gasteiger partial charge >= 0.3 is 0 Å². The van der Waals surface area contributed by atoms with Crippen molar-refractivity contribution in [3.05, 3.63) is 64.7 Å². The van der Waals surface area contributed by atoms with Crippen molar-refractivity contribution in [2.45, 2.75) is 34.1 Å². The molecule has 1 heteroatoms. The Balaban J connectivity index is 0.00000116. The van der Waals surface area contributed by atoms with Crippen molar-refractivity contribution in [3.63, 3.8) is 0 Å². The highest BCUT2D eigenvalue weighted by atomic mass is 16.3. The van der Waals surface area contributed by atoms with Crippen molar-refractivity contribution in [1.29, 1.82) is 0 Å². The van der Waals surface area contributed by atoms with Gasteiger partial charge in [0.25, 0.3) is 0 Å². The van der Waals surface area contributed by atoms with Gasteiger partial charge in [0.2, 0.25) is 0 Å². The van der Waals surface area contributed by atoms with Gasteiger partial charge in [-0.25, -0.2) is 0 Å². The van der Waals surface area contributed by atoms with E-state index in [2.05, 4.69) is 44.4 Å². The molecule has 0 bridgehead atoms. The largest absolute Gasteiger partial charge is 0.508 e. The SMILES string of the molecule is C=C(O)/C(=C/C)c1/c(=C\CC)ccc2cccc(=C)c12.CC. The molecular weight excluding hydrogens is 268 g/mol. The van der Waals surface area contributed by atoms with Gasteiger partial charge in [0, 0.05) is 11.1 Å². The zero-order chi connectivity index (χ0) is 16.7. The second-order valence-electron chi connectivity index (χ2n) is 4.81. The second kappa shape index (κ2) is 8.23. The molecule has 116 valence electrons. The summed E-state index contributed by atoms with van der Waals surface area (Å²) in [6, 6.07) is 10.3. The van der Waals surface area contributed by atoms with Crippen LogP contribution in [0.2, 0.25) is 0 Å². The Hall–Kier alpha value is -2.28. The summed E-state index contributed by atoms with van der Waals surface area (Å²) in [6.07, 6.45) is 5.00. The number of benzene rings is 2. The highest BCUT2D eigenvalue weighted by molar-refractivity contribution is 5.97. The smallest absolute Gasteiger partial charge is 0.115 e. The average Bonchev–Trinajstić information content (AvgIpc) is 2.52. The first-order valence-electron chi connectivity index (χ1n) is 7.86. The Labute approximate surface area is 133 Å². The topological polar surface area (TPSA) is 20.2 Å². The molecule has 2 aromatic carbocycles. The molecule has 0 saturated heterocycles. The van der Waals surface area contributed by atoms with Crippen LogP contribution in [0.15, 0.2) is 48.7 Å². The van der Waals surface area contributed by atoms with Crippen LogP contribution < -0.4 is 10.4 Å². The minimum absolute atomic E-state index is 0.0917. The maximum atomic E-state index is 9.91. The highest BCUT2D eigenvalue weighted by Crippen LogP contribution is 2.23. The predicted octanol–water partition coefficient (Wildman–Crippen LogP) is 4.94. The molecule has 0 aliphatic carbocycles.